The van der Waals surface area contributed by atoms with E-state index >= 15 is 0 Å². The van der Waals surface area contributed by atoms with Crippen molar-refractivity contribution in [1.82, 2.24) is 14.8 Å². The Morgan fingerprint density at radius 2 is 1.48 bits per heavy atom. The van der Waals surface area contributed by atoms with Crippen LogP contribution in [-0.2, 0) is 0 Å². The number of piperazine rings is 1. The van der Waals surface area contributed by atoms with Crippen molar-refractivity contribution in [2.75, 3.05) is 26.2 Å². The van der Waals surface area contributed by atoms with Crippen LogP contribution < -0.4 is 0 Å². The second-order valence-corrected chi connectivity index (χ2v) is 8.15. The summed E-state index contributed by atoms with van der Waals surface area (Å²) in [5.41, 5.74) is 1.39. The number of halogens is 3. The van der Waals surface area contributed by atoms with Crippen LogP contribution in [0.25, 0.3) is 10.6 Å². The van der Waals surface area contributed by atoms with Crippen LogP contribution in [0.5, 0.6) is 0 Å². The molecule has 0 unspecified atom stereocenters. The number of aromatic nitrogens is 1. The van der Waals surface area contributed by atoms with Gasteiger partial charge in [0.15, 0.2) is 11.6 Å². The third-order valence-corrected chi connectivity index (χ3v) is 6.30. The molecule has 1 fully saturated rings. The molecule has 1 saturated heterocycles. The standard InChI is InChI=1S/C22H18F3N3O2S/c1-13-19(31-20(26-13)14-2-5-16(23)6-3-14)22(30)28-10-8-27(9-11-28)21(29)15-4-7-17(24)18(25)12-15/h2-7,12H,8-11H2,1H3. The molecular formula is C22H18F3N3O2S. The monoisotopic (exact) mass is 445 g/mol. The zero-order chi connectivity index (χ0) is 22.1. The van der Waals surface area contributed by atoms with Gasteiger partial charge in [0.2, 0.25) is 0 Å². The molecule has 0 spiro atoms. The maximum absolute atomic E-state index is 13.4. The van der Waals surface area contributed by atoms with E-state index in [0.29, 0.717) is 28.7 Å². The molecule has 31 heavy (non-hydrogen) atoms. The number of benzene rings is 2. The van der Waals surface area contributed by atoms with Crippen molar-refractivity contribution in [2.45, 2.75) is 6.92 Å². The van der Waals surface area contributed by atoms with E-state index in [1.807, 2.05) is 0 Å². The fourth-order valence-electron chi connectivity index (χ4n) is 3.38. The molecule has 2 amide bonds. The number of carbonyl (C=O) groups is 2. The van der Waals surface area contributed by atoms with Crippen molar-refractivity contribution in [3.63, 3.8) is 0 Å². The van der Waals surface area contributed by atoms with E-state index in [1.165, 1.54) is 34.4 Å². The summed E-state index contributed by atoms with van der Waals surface area (Å²) in [5, 5.41) is 0.632. The first-order chi connectivity index (χ1) is 14.8. The minimum absolute atomic E-state index is 0.0703. The molecule has 1 aliphatic heterocycles. The molecule has 5 nitrogen and oxygen atoms in total. The zero-order valence-electron chi connectivity index (χ0n) is 16.6. The Morgan fingerprint density at radius 3 is 2.10 bits per heavy atom. The van der Waals surface area contributed by atoms with Crippen molar-refractivity contribution in [1.29, 1.82) is 0 Å². The summed E-state index contributed by atoms with van der Waals surface area (Å²) in [5.74, 6) is -3.00. The highest BCUT2D eigenvalue weighted by molar-refractivity contribution is 7.17. The summed E-state index contributed by atoms with van der Waals surface area (Å²) >= 11 is 1.24. The van der Waals surface area contributed by atoms with Crippen molar-refractivity contribution in [3.8, 4) is 10.6 Å². The third kappa shape index (κ3) is 4.32. The smallest absolute Gasteiger partial charge is 0.265 e. The number of nitrogens with zero attached hydrogens (tertiary/aromatic N) is 3. The predicted molar refractivity (Wildman–Crippen MR) is 110 cm³/mol. The lowest BCUT2D eigenvalue weighted by atomic mass is 10.1. The van der Waals surface area contributed by atoms with Crippen LogP contribution in [0.15, 0.2) is 42.5 Å². The molecule has 160 valence electrons. The summed E-state index contributed by atoms with van der Waals surface area (Å²) < 4.78 is 39.7. The molecule has 2 heterocycles. The number of rotatable bonds is 3. The van der Waals surface area contributed by atoms with Gasteiger partial charge in [0.1, 0.15) is 15.7 Å². The van der Waals surface area contributed by atoms with Gasteiger partial charge in [-0.3, -0.25) is 9.59 Å². The minimum Gasteiger partial charge on any atom is -0.335 e. The molecule has 0 radical (unpaired) electrons. The average molecular weight is 445 g/mol. The van der Waals surface area contributed by atoms with E-state index in [1.54, 1.807) is 24.0 Å². The van der Waals surface area contributed by atoms with Gasteiger partial charge >= 0.3 is 0 Å². The lowest BCUT2D eigenvalue weighted by Gasteiger charge is -2.34. The van der Waals surface area contributed by atoms with E-state index in [0.717, 1.165) is 17.7 Å². The van der Waals surface area contributed by atoms with Gasteiger partial charge in [0.25, 0.3) is 11.8 Å². The van der Waals surface area contributed by atoms with Crippen LogP contribution in [0.2, 0.25) is 0 Å². The second kappa shape index (κ2) is 8.50. The highest BCUT2D eigenvalue weighted by atomic mass is 32.1. The third-order valence-electron chi connectivity index (χ3n) is 5.10. The number of hydrogen-bond acceptors (Lipinski definition) is 4. The number of thiazole rings is 1. The molecule has 3 aromatic rings. The molecule has 4 rings (SSSR count). The number of hydrogen-bond donors (Lipinski definition) is 0. The van der Waals surface area contributed by atoms with Crippen LogP contribution in [0.4, 0.5) is 13.2 Å². The summed E-state index contributed by atoms with van der Waals surface area (Å²) in [6, 6.07) is 8.97. The molecule has 0 N–H and O–H groups in total. The maximum Gasteiger partial charge on any atom is 0.265 e. The largest absolute Gasteiger partial charge is 0.335 e. The first kappa shape index (κ1) is 21.0. The maximum atomic E-state index is 13.4. The second-order valence-electron chi connectivity index (χ2n) is 7.15. The minimum atomic E-state index is -1.07. The number of amides is 2. The highest BCUT2D eigenvalue weighted by Gasteiger charge is 2.28. The van der Waals surface area contributed by atoms with Gasteiger partial charge in [-0.05, 0) is 49.4 Å². The van der Waals surface area contributed by atoms with Gasteiger partial charge in [-0.15, -0.1) is 11.3 Å². The van der Waals surface area contributed by atoms with E-state index in [9.17, 15) is 22.8 Å². The van der Waals surface area contributed by atoms with Gasteiger partial charge in [-0.1, -0.05) is 0 Å². The van der Waals surface area contributed by atoms with Crippen molar-refractivity contribution < 1.29 is 22.8 Å². The molecule has 0 bridgehead atoms. The molecule has 1 aromatic heterocycles. The molecule has 2 aromatic carbocycles. The van der Waals surface area contributed by atoms with Crippen LogP contribution in [0, 0.1) is 24.4 Å². The van der Waals surface area contributed by atoms with Crippen molar-refractivity contribution >= 4 is 23.2 Å². The van der Waals surface area contributed by atoms with Gasteiger partial charge in [-0.25, -0.2) is 18.2 Å². The topological polar surface area (TPSA) is 53.5 Å². The normalized spacial score (nSPS) is 14.1. The fraction of sp³-hybridized carbons (Fsp3) is 0.227. The average Bonchev–Trinajstić information content (AvgIpc) is 3.17. The van der Waals surface area contributed by atoms with E-state index < -0.39 is 17.5 Å². The van der Waals surface area contributed by atoms with Crippen LogP contribution in [0.1, 0.15) is 25.7 Å². The van der Waals surface area contributed by atoms with Crippen molar-refractivity contribution in [3.05, 3.63) is 76.1 Å². The molecule has 1 aliphatic rings. The van der Waals surface area contributed by atoms with E-state index in [2.05, 4.69) is 4.98 Å². The summed E-state index contributed by atoms with van der Waals surface area (Å²) in [6.07, 6.45) is 0. The van der Waals surface area contributed by atoms with Crippen LogP contribution in [-0.4, -0.2) is 52.8 Å². The summed E-state index contributed by atoms with van der Waals surface area (Å²) in [7, 11) is 0. The Kier molecular flexibility index (Phi) is 5.77. The fourth-order valence-corrected chi connectivity index (χ4v) is 4.42. The Balaban J connectivity index is 1.43. The van der Waals surface area contributed by atoms with Crippen LogP contribution in [0.3, 0.4) is 0 Å². The molecule has 0 saturated carbocycles. The first-order valence-electron chi connectivity index (χ1n) is 9.60. The van der Waals surface area contributed by atoms with Gasteiger partial charge in [0, 0.05) is 37.3 Å². The van der Waals surface area contributed by atoms with Crippen LogP contribution >= 0.6 is 11.3 Å². The van der Waals surface area contributed by atoms with Gasteiger partial charge in [-0.2, -0.15) is 0 Å². The number of carbonyl (C=O) groups excluding carboxylic acids is 2. The SMILES string of the molecule is Cc1nc(-c2ccc(F)cc2)sc1C(=O)N1CCN(C(=O)c2ccc(F)c(F)c2)CC1. The molecule has 9 heteroatoms. The Bertz CT molecular complexity index is 1140. The molecule has 0 aliphatic carbocycles. The molecule has 0 atom stereocenters. The lowest BCUT2D eigenvalue weighted by molar-refractivity contribution is 0.0537. The zero-order valence-corrected chi connectivity index (χ0v) is 17.4. The summed E-state index contributed by atoms with van der Waals surface area (Å²) in [4.78, 5) is 33.6. The lowest BCUT2D eigenvalue weighted by Crippen LogP contribution is -2.50. The Morgan fingerprint density at radius 1 is 0.871 bits per heavy atom. The summed E-state index contributed by atoms with van der Waals surface area (Å²) in [6.45, 7) is 2.95. The quantitative estimate of drug-likeness (QED) is 0.609. The molecular weight excluding hydrogens is 427 g/mol. The highest BCUT2D eigenvalue weighted by Crippen LogP contribution is 2.29. The van der Waals surface area contributed by atoms with E-state index in [4.69, 9.17) is 0 Å². The Hall–Kier alpha value is -3.20. The Labute approximate surface area is 180 Å². The van der Waals surface area contributed by atoms with E-state index in [-0.39, 0.29) is 30.4 Å². The number of aryl methyl sites for hydroxylation is 1. The van der Waals surface area contributed by atoms with Gasteiger partial charge in [0.05, 0.1) is 5.69 Å². The first-order valence-corrected chi connectivity index (χ1v) is 10.4. The predicted octanol–water partition coefficient (Wildman–Crippen LogP) is 4.13. The van der Waals surface area contributed by atoms with Gasteiger partial charge < -0.3 is 9.80 Å². The van der Waals surface area contributed by atoms with Crippen molar-refractivity contribution in [2.24, 2.45) is 0 Å².